The van der Waals surface area contributed by atoms with Gasteiger partial charge in [0, 0.05) is 24.8 Å². The number of halogens is 2. The van der Waals surface area contributed by atoms with Gasteiger partial charge >= 0.3 is 5.97 Å². The van der Waals surface area contributed by atoms with Crippen LogP contribution < -0.4 is 4.74 Å². The van der Waals surface area contributed by atoms with Crippen molar-refractivity contribution in [2.45, 2.75) is 32.0 Å². The van der Waals surface area contributed by atoms with E-state index in [2.05, 4.69) is 4.98 Å². The van der Waals surface area contributed by atoms with Crippen molar-refractivity contribution in [3.05, 3.63) is 58.4 Å². The van der Waals surface area contributed by atoms with Gasteiger partial charge in [0.05, 0.1) is 17.3 Å². The molecule has 1 aromatic carbocycles. The minimum atomic E-state index is -0.396. The van der Waals surface area contributed by atoms with Crippen LogP contribution in [-0.2, 0) is 23.0 Å². The Morgan fingerprint density at radius 3 is 2.32 bits per heavy atom. The topological polar surface area (TPSA) is 39.2 Å². The van der Waals surface area contributed by atoms with Gasteiger partial charge in [0.25, 0.3) is 0 Å². The average Bonchev–Trinajstić information content (AvgIpc) is 2.50. The number of nitrogens with zero attached hydrogens (tertiary/aromatic N) is 1. The molecule has 5 heteroatoms. The van der Waals surface area contributed by atoms with E-state index in [9.17, 15) is 4.79 Å². The van der Waals surface area contributed by atoms with Crippen molar-refractivity contribution in [3.8, 4) is 5.75 Å². The van der Waals surface area contributed by atoms with Crippen LogP contribution in [0.15, 0.2) is 30.3 Å². The maximum atomic E-state index is 11.3. The van der Waals surface area contributed by atoms with E-state index in [1.165, 1.54) is 6.92 Å². The highest BCUT2D eigenvalue weighted by Gasteiger charge is 2.19. The summed E-state index contributed by atoms with van der Waals surface area (Å²) in [5.74, 6) is 0.518. The van der Waals surface area contributed by atoms with Crippen LogP contribution in [0.5, 0.6) is 5.75 Å². The van der Waals surface area contributed by atoms with Crippen LogP contribution in [0.1, 0.15) is 35.0 Å². The molecule has 0 fully saturated rings. The molecule has 0 bridgehead atoms. The van der Waals surface area contributed by atoms with E-state index in [1.807, 2.05) is 30.3 Å². The molecule has 0 spiro atoms. The van der Waals surface area contributed by atoms with Crippen LogP contribution in [0, 0.1) is 6.92 Å². The number of hydrogen-bond acceptors (Lipinski definition) is 3. The Balaban J connectivity index is 2.51. The highest BCUT2D eigenvalue weighted by atomic mass is 35.5. The molecule has 0 saturated carbocycles. The first-order valence-electron chi connectivity index (χ1n) is 6.92. The van der Waals surface area contributed by atoms with Crippen molar-refractivity contribution in [2.24, 2.45) is 0 Å². The Labute approximate surface area is 140 Å². The molecule has 1 heterocycles. The first-order chi connectivity index (χ1) is 10.6. The smallest absolute Gasteiger partial charge is 0.308 e. The lowest BCUT2D eigenvalue weighted by Gasteiger charge is -2.17. The van der Waals surface area contributed by atoms with Crippen LogP contribution in [-0.4, -0.2) is 11.0 Å². The Bertz CT molecular complexity index is 672. The minimum absolute atomic E-state index is 0.218. The molecule has 3 nitrogen and oxygen atoms in total. The van der Waals surface area contributed by atoms with Gasteiger partial charge in [-0.3, -0.25) is 9.78 Å². The van der Waals surface area contributed by atoms with Gasteiger partial charge in [-0.05, 0) is 18.1 Å². The molecule has 0 amide bonds. The third-order valence-corrected chi connectivity index (χ3v) is 3.88. The maximum Gasteiger partial charge on any atom is 0.308 e. The summed E-state index contributed by atoms with van der Waals surface area (Å²) in [5.41, 5.74) is 4.23. The van der Waals surface area contributed by atoms with Crippen molar-refractivity contribution in [3.63, 3.8) is 0 Å². The van der Waals surface area contributed by atoms with Gasteiger partial charge in [-0.2, -0.15) is 0 Å². The molecule has 116 valence electrons. The summed E-state index contributed by atoms with van der Waals surface area (Å²) in [5, 5.41) is 0. The number of pyridine rings is 1. The molecule has 0 aliphatic heterocycles. The second-order valence-electron chi connectivity index (χ2n) is 4.95. The van der Waals surface area contributed by atoms with Gasteiger partial charge in [-0.1, -0.05) is 30.3 Å². The number of rotatable bonds is 5. The molecular formula is C17H17Cl2NO2. The summed E-state index contributed by atoms with van der Waals surface area (Å²) in [7, 11) is 0. The van der Waals surface area contributed by atoms with E-state index in [4.69, 9.17) is 27.9 Å². The largest absolute Gasteiger partial charge is 0.424 e. The number of hydrogen-bond donors (Lipinski definition) is 0. The van der Waals surface area contributed by atoms with Crippen molar-refractivity contribution >= 4 is 29.2 Å². The number of benzene rings is 1. The third kappa shape index (κ3) is 3.79. The zero-order chi connectivity index (χ0) is 16.1. The zero-order valence-corrected chi connectivity index (χ0v) is 14.0. The quantitative estimate of drug-likeness (QED) is 0.600. The van der Waals surface area contributed by atoms with Crippen molar-refractivity contribution in [1.82, 2.24) is 4.98 Å². The Morgan fingerprint density at radius 2 is 1.77 bits per heavy atom. The van der Waals surface area contributed by atoms with E-state index in [0.717, 1.165) is 22.4 Å². The second-order valence-corrected chi connectivity index (χ2v) is 5.49. The van der Waals surface area contributed by atoms with Gasteiger partial charge in [-0.15, -0.1) is 23.2 Å². The first-order valence-corrected chi connectivity index (χ1v) is 7.99. The number of aromatic nitrogens is 1. The lowest BCUT2D eigenvalue weighted by Crippen LogP contribution is -2.11. The Hall–Kier alpha value is -1.58. The van der Waals surface area contributed by atoms with Gasteiger partial charge in [-0.25, -0.2) is 0 Å². The van der Waals surface area contributed by atoms with E-state index in [-0.39, 0.29) is 11.8 Å². The van der Waals surface area contributed by atoms with E-state index < -0.39 is 5.97 Å². The predicted octanol–water partition coefficient (Wildman–Crippen LogP) is 4.38. The summed E-state index contributed by atoms with van der Waals surface area (Å²) in [6.45, 7) is 3.16. The number of esters is 1. The van der Waals surface area contributed by atoms with Crippen LogP contribution in [0.25, 0.3) is 0 Å². The van der Waals surface area contributed by atoms with Gasteiger partial charge in [0.1, 0.15) is 0 Å². The molecular weight excluding hydrogens is 321 g/mol. The zero-order valence-electron chi connectivity index (χ0n) is 12.5. The number of aryl methyl sites for hydroxylation is 1. The molecule has 0 aliphatic rings. The minimum Gasteiger partial charge on any atom is -0.424 e. The van der Waals surface area contributed by atoms with Crippen molar-refractivity contribution in [1.29, 1.82) is 0 Å². The Morgan fingerprint density at radius 1 is 1.14 bits per heavy atom. The fraction of sp³-hybridized carbons (Fsp3) is 0.294. The lowest BCUT2D eigenvalue weighted by atomic mass is 10.0. The molecule has 0 N–H and O–H groups in total. The maximum absolute atomic E-state index is 11.3. The van der Waals surface area contributed by atoms with Crippen LogP contribution >= 0.6 is 23.2 Å². The second kappa shape index (κ2) is 7.61. The summed E-state index contributed by atoms with van der Waals surface area (Å²) in [4.78, 5) is 15.9. The average molecular weight is 338 g/mol. The number of carbonyl (C=O) groups excluding carboxylic acids is 1. The monoisotopic (exact) mass is 337 g/mol. The first kappa shape index (κ1) is 16.8. The van der Waals surface area contributed by atoms with Gasteiger partial charge in [0.15, 0.2) is 5.75 Å². The molecule has 0 unspecified atom stereocenters. The molecule has 2 rings (SSSR count). The predicted molar refractivity (Wildman–Crippen MR) is 88.6 cm³/mol. The SMILES string of the molecule is CC(=O)Oc1c(C)nc(Cc2ccccc2)c(CCl)c1CCl. The highest BCUT2D eigenvalue weighted by Crippen LogP contribution is 2.31. The lowest BCUT2D eigenvalue weighted by molar-refractivity contribution is -0.132. The normalized spacial score (nSPS) is 10.5. The van der Waals surface area contributed by atoms with E-state index in [1.54, 1.807) is 6.92 Å². The van der Waals surface area contributed by atoms with Crippen LogP contribution in [0.4, 0.5) is 0 Å². The molecule has 22 heavy (non-hydrogen) atoms. The number of carbonyl (C=O) groups is 1. The van der Waals surface area contributed by atoms with Crippen LogP contribution in [0.3, 0.4) is 0 Å². The summed E-state index contributed by atoms with van der Waals surface area (Å²) in [6.07, 6.45) is 0.661. The summed E-state index contributed by atoms with van der Waals surface area (Å²) >= 11 is 12.2. The van der Waals surface area contributed by atoms with E-state index >= 15 is 0 Å². The third-order valence-electron chi connectivity index (χ3n) is 3.35. The van der Waals surface area contributed by atoms with Crippen molar-refractivity contribution < 1.29 is 9.53 Å². The number of ether oxygens (including phenoxy) is 1. The van der Waals surface area contributed by atoms with Gasteiger partial charge < -0.3 is 4.74 Å². The van der Waals surface area contributed by atoms with E-state index in [0.29, 0.717) is 17.9 Å². The summed E-state index contributed by atoms with van der Waals surface area (Å²) in [6, 6.07) is 10.0. The molecule has 0 aliphatic carbocycles. The van der Waals surface area contributed by atoms with Crippen LogP contribution in [0.2, 0.25) is 0 Å². The van der Waals surface area contributed by atoms with Gasteiger partial charge in [0.2, 0.25) is 0 Å². The number of alkyl halides is 2. The molecule has 1 aromatic heterocycles. The molecule has 0 atom stereocenters. The molecule has 2 aromatic rings. The Kier molecular flexibility index (Phi) is 5.81. The molecule has 0 radical (unpaired) electrons. The highest BCUT2D eigenvalue weighted by molar-refractivity contribution is 6.19. The summed E-state index contributed by atoms with van der Waals surface area (Å²) < 4.78 is 5.27. The molecule has 0 saturated heterocycles. The fourth-order valence-corrected chi connectivity index (χ4v) is 2.96. The van der Waals surface area contributed by atoms with Crippen molar-refractivity contribution in [2.75, 3.05) is 0 Å². The fourth-order valence-electron chi connectivity index (χ4n) is 2.36. The standard InChI is InChI=1S/C17H17Cl2NO2/c1-11-17(22-12(2)21)15(10-19)14(9-18)16(20-11)8-13-6-4-3-5-7-13/h3-7H,8-10H2,1-2H3.